The lowest BCUT2D eigenvalue weighted by Crippen LogP contribution is -2.48. The van der Waals surface area contributed by atoms with Gasteiger partial charge in [0, 0.05) is 37.7 Å². The summed E-state index contributed by atoms with van der Waals surface area (Å²) in [5.74, 6) is -0.314. The lowest BCUT2D eigenvalue weighted by Gasteiger charge is -2.38. The molecule has 32 heavy (non-hydrogen) atoms. The van der Waals surface area contributed by atoms with Crippen LogP contribution in [-0.4, -0.2) is 55.5 Å². The van der Waals surface area contributed by atoms with E-state index in [1.54, 1.807) is 0 Å². The van der Waals surface area contributed by atoms with Crippen LogP contribution in [0.2, 0.25) is 5.02 Å². The van der Waals surface area contributed by atoms with E-state index in [1.165, 1.54) is 5.56 Å². The number of piperazine rings is 1. The Hall–Kier alpha value is -2.66. The molecule has 1 N–H and O–H groups in total. The maximum atomic E-state index is 13.5. The van der Waals surface area contributed by atoms with E-state index in [-0.39, 0.29) is 17.9 Å². The van der Waals surface area contributed by atoms with E-state index >= 15 is 0 Å². The van der Waals surface area contributed by atoms with Crippen LogP contribution in [0.5, 0.6) is 0 Å². The van der Waals surface area contributed by atoms with Gasteiger partial charge in [-0.05, 0) is 35.9 Å². The van der Waals surface area contributed by atoms with E-state index in [4.69, 9.17) is 11.6 Å². The van der Waals surface area contributed by atoms with Crippen molar-refractivity contribution in [3.05, 3.63) is 107 Å². The third-order valence-corrected chi connectivity index (χ3v) is 6.48. The first-order valence-corrected chi connectivity index (χ1v) is 11.6. The van der Waals surface area contributed by atoms with E-state index in [0.29, 0.717) is 6.54 Å². The predicted octanol–water partition coefficient (Wildman–Crippen LogP) is 4.58. The first-order valence-electron chi connectivity index (χ1n) is 11.2. The Morgan fingerprint density at radius 1 is 0.812 bits per heavy atom. The number of carbonyl (C=O) groups excluding carboxylic acids is 1. The molecule has 0 saturated carbocycles. The van der Waals surface area contributed by atoms with Crippen molar-refractivity contribution in [3.63, 3.8) is 0 Å². The van der Waals surface area contributed by atoms with E-state index in [2.05, 4.69) is 34.3 Å². The molecule has 166 valence electrons. The Morgan fingerprint density at radius 3 is 1.88 bits per heavy atom. The molecule has 0 bridgehead atoms. The summed E-state index contributed by atoms with van der Waals surface area (Å²) in [7, 11) is 2.15. The second-order valence-corrected chi connectivity index (χ2v) is 8.84. The number of hydrogen-bond donors (Lipinski definition) is 1. The smallest absolute Gasteiger partial charge is 0.232 e. The van der Waals surface area contributed by atoms with E-state index in [9.17, 15) is 4.79 Å². The topological polar surface area (TPSA) is 35.6 Å². The number of hydrogen-bond acceptors (Lipinski definition) is 3. The molecular formula is C27H30ClN3O. The highest BCUT2D eigenvalue weighted by Crippen LogP contribution is 2.27. The van der Waals surface area contributed by atoms with Crippen LogP contribution in [0.4, 0.5) is 0 Å². The summed E-state index contributed by atoms with van der Waals surface area (Å²) < 4.78 is 0. The van der Waals surface area contributed by atoms with Crippen LogP contribution in [0.1, 0.15) is 28.7 Å². The number of rotatable bonds is 7. The molecule has 1 atom stereocenters. The van der Waals surface area contributed by atoms with Gasteiger partial charge in [0.05, 0.1) is 12.0 Å². The zero-order valence-electron chi connectivity index (χ0n) is 18.5. The molecule has 1 aliphatic heterocycles. The average molecular weight is 448 g/mol. The van der Waals surface area contributed by atoms with Crippen molar-refractivity contribution in [3.8, 4) is 0 Å². The summed E-state index contributed by atoms with van der Waals surface area (Å²) >= 11 is 6.14. The highest BCUT2D eigenvalue weighted by atomic mass is 35.5. The predicted molar refractivity (Wildman–Crippen MR) is 131 cm³/mol. The van der Waals surface area contributed by atoms with Crippen LogP contribution in [0, 0.1) is 0 Å². The lowest BCUT2D eigenvalue weighted by atomic mass is 9.90. The lowest BCUT2D eigenvalue weighted by molar-refractivity contribution is -0.122. The summed E-state index contributed by atoms with van der Waals surface area (Å²) in [5, 5.41) is 4.00. The molecule has 1 amide bonds. The first-order chi connectivity index (χ1) is 15.6. The fraction of sp³-hybridized carbons (Fsp3) is 0.296. The zero-order valence-corrected chi connectivity index (χ0v) is 19.2. The zero-order chi connectivity index (χ0) is 22.3. The Kier molecular flexibility index (Phi) is 7.59. The monoisotopic (exact) mass is 447 g/mol. The largest absolute Gasteiger partial charge is 0.353 e. The molecule has 0 aromatic heterocycles. The fourth-order valence-electron chi connectivity index (χ4n) is 4.36. The van der Waals surface area contributed by atoms with Gasteiger partial charge in [-0.3, -0.25) is 9.69 Å². The Balaban J connectivity index is 1.55. The van der Waals surface area contributed by atoms with Gasteiger partial charge >= 0.3 is 0 Å². The van der Waals surface area contributed by atoms with Crippen LogP contribution in [0.25, 0.3) is 0 Å². The summed E-state index contributed by atoms with van der Waals surface area (Å²) in [4.78, 5) is 18.3. The van der Waals surface area contributed by atoms with Crippen molar-refractivity contribution in [2.45, 2.75) is 12.0 Å². The van der Waals surface area contributed by atoms with Gasteiger partial charge in [0.15, 0.2) is 0 Å². The third kappa shape index (κ3) is 5.57. The number of nitrogens with one attached hydrogen (secondary N) is 1. The van der Waals surface area contributed by atoms with Crippen LogP contribution in [0.15, 0.2) is 84.9 Å². The molecule has 1 fully saturated rings. The van der Waals surface area contributed by atoms with E-state index < -0.39 is 0 Å². The van der Waals surface area contributed by atoms with Crippen molar-refractivity contribution in [2.24, 2.45) is 0 Å². The summed E-state index contributed by atoms with van der Waals surface area (Å²) in [6, 6.07) is 28.1. The van der Waals surface area contributed by atoms with Crippen LogP contribution in [0.3, 0.4) is 0 Å². The Labute approximate surface area is 195 Å². The van der Waals surface area contributed by atoms with Gasteiger partial charge in [0.2, 0.25) is 5.91 Å². The molecule has 1 heterocycles. The molecule has 3 aromatic rings. The Bertz CT molecular complexity index is 947. The molecule has 0 spiro atoms. The van der Waals surface area contributed by atoms with Crippen molar-refractivity contribution in [1.29, 1.82) is 0 Å². The fourth-order valence-corrected chi connectivity index (χ4v) is 4.49. The highest BCUT2D eigenvalue weighted by molar-refractivity contribution is 6.30. The second kappa shape index (κ2) is 10.8. The quantitative estimate of drug-likeness (QED) is 0.576. The SMILES string of the molecule is CN1CCN(C(CNC(=O)C(c2ccccc2)c2ccccc2)c2ccc(Cl)cc2)CC1. The molecule has 4 rings (SSSR count). The number of benzene rings is 3. The van der Waals surface area contributed by atoms with Gasteiger partial charge in [0.1, 0.15) is 0 Å². The normalized spacial score (nSPS) is 16.1. The number of halogens is 1. The van der Waals surface area contributed by atoms with Gasteiger partial charge in [-0.15, -0.1) is 0 Å². The van der Waals surface area contributed by atoms with Crippen molar-refractivity contribution < 1.29 is 4.79 Å². The van der Waals surface area contributed by atoms with Crippen molar-refractivity contribution in [2.75, 3.05) is 39.8 Å². The molecule has 5 heteroatoms. The molecule has 1 saturated heterocycles. The van der Waals surface area contributed by atoms with Gasteiger partial charge in [0.25, 0.3) is 0 Å². The molecule has 0 aliphatic carbocycles. The second-order valence-electron chi connectivity index (χ2n) is 8.41. The molecule has 3 aromatic carbocycles. The molecule has 1 aliphatic rings. The van der Waals surface area contributed by atoms with Crippen molar-refractivity contribution in [1.82, 2.24) is 15.1 Å². The van der Waals surface area contributed by atoms with Crippen LogP contribution < -0.4 is 5.32 Å². The molecular weight excluding hydrogens is 418 g/mol. The average Bonchev–Trinajstić information content (AvgIpc) is 2.83. The minimum atomic E-state index is -0.337. The summed E-state index contributed by atoms with van der Waals surface area (Å²) in [5.41, 5.74) is 3.17. The maximum Gasteiger partial charge on any atom is 0.232 e. The van der Waals surface area contributed by atoms with Gasteiger partial charge < -0.3 is 10.2 Å². The summed E-state index contributed by atoms with van der Waals surface area (Å²) in [6.45, 7) is 4.55. The van der Waals surface area contributed by atoms with Gasteiger partial charge in [-0.1, -0.05) is 84.4 Å². The molecule has 1 unspecified atom stereocenters. The minimum absolute atomic E-state index is 0.0236. The van der Waals surface area contributed by atoms with Crippen LogP contribution in [-0.2, 0) is 4.79 Å². The van der Waals surface area contributed by atoms with Gasteiger partial charge in [-0.2, -0.15) is 0 Å². The highest BCUT2D eigenvalue weighted by Gasteiger charge is 2.27. The first kappa shape index (κ1) is 22.5. The van der Waals surface area contributed by atoms with E-state index in [0.717, 1.165) is 42.3 Å². The standard InChI is InChI=1S/C27H30ClN3O/c1-30-16-18-31(19-17-30)25(21-12-14-24(28)15-13-21)20-29-27(32)26(22-8-4-2-5-9-22)23-10-6-3-7-11-23/h2-15,25-26H,16-20H2,1H3,(H,29,32). The number of amides is 1. The number of nitrogens with zero attached hydrogens (tertiary/aromatic N) is 2. The van der Waals surface area contributed by atoms with Crippen LogP contribution >= 0.6 is 11.6 Å². The van der Waals surface area contributed by atoms with E-state index in [1.807, 2.05) is 72.8 Å². The van der Waals surface area contributed by atoms with Gasteiger partial charge in [-0.25, -0.2) is 0 Å². The third-order valence-electron chi connectivity index (χ3n) is 6.23. The minimum Gasteiger partial charge on any atom is -0.353 e. The number of likely N-dealkylation sites (N-methyl/N-ethyl adjacent to an activating group) is 1. The maximum absolute atomic E-state index is 13.5. The summed E-state index contributed by atoms with van der Waals surface area (Å²) in [6.07, 6.45) is 0. The molecule has 0 radical (unpaired) electrons. The Morgan fingerprint density at radius 2 is 1.34 bits per heavy atom. The molecule has 4 nitrogen and oxygen atoms in total. The van der Waals surface area contributed by atoms with Crippen molar-refractivity contribution >= 4 is 17.5 Å². The number of carbonyl (C=O) groups is 1.